The number of hydrogen-bond acceptors (Lipinski definition) is 1. The van der Waals surface area contributed by atoms with Crippen molar-refractivity contribution in [3.63, 3.8) is 0 Å². The van der Waals surface area contributed by atoms with Crippen molar-refractivity contribution in [3.05, 3.63) is 33.8 Å². The second kappa shape index (κ2) is 6.72. The lowest BCUT2D eigenvalue weighted by atomic mass is 9.96. The molecule has 0 saturated heterocycles. The van der Waals surface area contributed by atoms with Crippen LogP contribution in [0.25, 0.3) is 0 Å². The summed E-state index contributed by atoms with van der Waals surface area (Å²) in [7, 11) is 0. The fourth-order valence-corrected chi connectivity index (χ4v) is 4.43. The number of halogens is 2. The van der Waals surface area contributed by atoms with E-state index in [1.54, 1.807) is 6.07 Å². The van der Waals surface area contributed by atoms with Crippen LogP contribution in [0.3, 0.4) is 0 Å². The Bertz CT molecular complexity index is 535. The van der Waals surface area contributed by atoms with Crippen molar-refractivity contribution >= 4 is 40.5 Å². The molecule has 1 aromatic rings. The van der Waals surface area contributed by atoms with Gasteiger partial charge < -0.3 is 10.6 Å². The third-order valence-electron chi connectivity index (χ3n) is 4.75. The maximum absolute atomic E-state index is 6.16. The molecule has 2 saturated carbocycles. The van der Waals surface area contributed by atoms with Gasteiger partial charge in [-0.15, -0.1) is 0 Å². The minimum Gasteiger partial charge on any atom is -0.362 e. The summed E-state index contributed by atoms with van der Waals surface area (Å²) in [5.41, 5.74) is 1.09. The van der Waals surface area contributed by atoms with Crippen molar-refractivity contribution < 1.29 is 0 Å². The van der Waals surface area contributed by atoms with Crippen molar-refractivity contribution in [1.82, 2.24) is 10.6 Å². The molecule has 5 heteroatoms. The van der Waals surface area contributed by atoms with E-state index in [1.807, 2.05) is 12.1 Å². The molecular weight excluding hydrogens is 323 g/mol. The van der Waals surface area contributed by atoms with Gasteiger partial charge in [-0.2, -0.15) is 0 Å². The summed E-state index contributed by atoms with van der Waals surface area (Å²) in [6.45, 7) is 0.786. The smallest absolute Gasteiger partial charge is 0.166 e. The van der Waals surface area contributed by atoms with E-state index in [0.29, 0.717) is 11.1 Å². The van der Waals surface area contributed by atoms with Crippen LogP contribution >= 0.6 is 35.4 Å². The molecule has 0 aromatic heterocycles. The number of benzene rings is 1. The third kappa shape index (κ3) is 3.82. The minimum absolute atomic E-state index is 0.586. The van der Waals surface area contributed by atoms with Crippen LogP contribution in [0, 0.1) is 11.8 Å². The van der Waals surface area contributed by atoms with E-state index in [4.69, 9.17) is 35.4 Å². The van der Waals surface area contributed by atoms with Gasteiger partial charge in [0.15, 0.2) is 5.11 Å². The van der Waals surface area contributed by atoms with E-state index in [2.05, 4.69) is 10.6 Å². The van der Waals surface area contributed by atoms with Crippen molar-refractivity contribution in [3.8, 4) is 0 Å². The Kier molecular flexibility index (Phi) is 4.92. The van der Waals surface area contributed by atoms with E-state index < -0.39 is 0 Å². The van der Waals surface area contributed by atoms with Crippen LogP contribution in [0.15, 0.2) is 18.2 Å². The molecule has 114 valence electrons. The zero-order valence-electron chi connectivity index (χ0n) is 11.9. The van der Waals surface area contributed by atoms with Crippen LogP contribution in [0.5, 0.6) is 0 Å². The highest BCUT2D eigenvalue weighted by atomic mass is 35.5. The molecule has 2 N–H and O–H groups in total. The normalized spacial score (nSPS) is 26.9. The SMILES string of the molecule is S=C(NCCc1ccc(Cl)cc1Cl)N[C@H]1C[C@H]2CC[C@H]1C2. The molecule has 21 heavy (non-hydrogen) atoms. The fraction of sp³-hybridized carbons (Fsp3) is 0.562. The van der Waals surface area contributed by atoms with Gasteiger partial charge in [0.25, 0.3) is 0 Å². The van der Waals surface area contributed by atoms with Gasteiger partial charge in [-0.25, -0.2) is 0 Å². The fourth-order valence-electron chi connectivity index (χ4n) is 3.68. The Morgan fingerprint density at radius 1 is 1.24 bits per heavy atom. The first-order chi connectivity index (χ1) is 10.1. The molecule has 2 nitrogen and oxygen atoms in total. The number of hydrogen-bond donors (Lipinski definition) is 2. The van der Waals surface area contributed by atoms with Crippen LogP contribution in [0.1, 0.15) is 31.2 Å². The van der Waals surface area contributed by atoms with Crippen LogP contribution in [-0.4, -0.2) is 17.7 Å². The molecule has 0 aliphatic heterocycles. The van der Waals surface area contributed by atoms with Crippen LogP contribution in [0.2, 0.25) is 10.0 Å². The summed E-state index contributed by atoms with van der Waals surface area (Å²) >= 11 is 17.5. The van der Waals surface area contributed by atoms with E-state index in [0.717, 1.165) is 40.5 Å². The molecule has 3 atom stereocenters. The summed E-state index contributed by atoms with van der Waals surface area (Å²) in [5.74, 6) is 1.77. The number of rotatable bonds is 4. The van der Waals surface area contributed by atoms with Crippen molar-refractivity contribution in [1.29, 1.82) is 0 Å². The van der Waals surface area contributed by atoms with Crippen LogP contribution in [-0.2, 0) is 6.42 Å². The van der Waals surface area contributed by atoms with Gasteiger partial charge in [-0.05, 0) is 67.4 Å². The Balaban J connectivity index is 1.42. The molecule has 2 fully saturated rings. The standard InChI is InChI=1S/C16H20Cl2N2S/c17-13-4-3-11(14(18)9-13)5-6-19-16(21)20-15-8-10-1-2-12(15)7-10/h3-4,9-10,12,15H,1-2,5-8H2,(H2,19,20,21)/t10-,12-,15-/m0/s1. The van der Waals surface area contributed by atoms with E-state index in [9.17, 15) is 0 Å². The molecule has 0 unspecified atom stereocenters. The van der Waals surface area contributed by atoms with Gasteiger partial charge in [0.1, 0.15) is 0 Å². The molecule has 0 radical (unpaired) electrons. The molecule has 0 spiro atoms. The molecule has 2 aliphatic carbocycles. The predicted molar refractivity (Wildman–Crippen MR) is 93.1 cm³/mol. The van der Waals surface area contributed by atoms with Gasteiger partial charge in [-0.1, -0.05) is 35.7 Å². The topological polar surface area (TPSA) is 24.1 Å². The largest absolute Gasteiger partial charge is 0.362 e. The van der Waals surface area contributed by atoms with E-state index >= 15 is 0 Å². The zero-order chi connectivity index (χ0) is 14.8. The monoisotopic (exact) mass is 342 g/mol. The maximum Gasteiger partial charge on any atom is 0.166 e. The highest BCUT2D eigenvalue weighted by molar-refractivity contribution is 7.80. The Labute approximate surface area is 141 Å². The highest BCUT2D eigenvalue weighted by Crippen LogP contribution is 2.44. The first-order valence-electron chi connectivity index (χ1n) is 7.60. The van der Waals surface area contributed by atoms with Crippen molar-refractivity contribution in [2.75, 3.05) is 6.54 Å². The molecule has 2 bridgehead atoms. The minimum atomic E-state index is 0.586. The summed E-state index contributed by atoms with van der Waals surface area (Å²) in [4.78, 5) is 0. The van der Waals surface area contributed by atoms with Crippen molar-refractivity contribution in [2.24, 2.45) is 11.8 Å². The maximum atomic E-state index is 6.16. The molecular formula is C16H20Cl2N2S. The van der Waals surface area contributed by atoms with Gasteiger partial charge in [-0.3, -0.25) is 0 Å². The number of nitrogens with one attached hydrogen (secondary N) is 2. The lowest BCUT2D eigenvalue weighted by Crippen LogP contribution is -2.44. The first-order valence-corrected chi connectivity index (χ1v) is 8.76. The molecule has 0 amide bonds. The quantitative estimate of drug-likeness (QED) is 0.802. The summed E-state index contributed by atoms with van der Waals surface area (Å²) in [5, 5.41) is 8.94. The van der Waals surface area contributed by atoms with E-state index in [1.165, 1.54) is 25.7 Å². The lowest BCUT2D eigenvalue weighted by Gasteiger charge is -2.24. The Morgan fingerprint density at radius 2 is 2.10 bits per heavy atom. The highest BCUT2D eigenvalue weighted by Gasteiger charge is 2.39. The predicted octanol–water partition coefficient (Wildman–Crippen LogP) is 4.19. The molecule has 0 heterocycles. The number of thiocarbonyl (C=S) groups is 1. The van der Waals surface area contributed by atoms with Crippen LogP contribution in [0.4, 0.5) is 0 Å². The third-order valence-corrected chi connectivity index (χ3v) is 5.60. The first kappa shape index (κ1) is 15.4. The summed E-state index contributed by atoms with van der Waals surface area (Å²) < 4.78 is 0. The zero-order valence-corrected chi connectivity index (χ0v) is 14.2. The molecule has 1 aromatic carbocycles. The summed E-state index contributed by atoms with van der Waals surface area (Å²) in [6.07, 6.45) is 6.30. The van der Waals surface area contributed by atoms with E-state index in [-0.39, 0.29) is 0 Å². The van der Waals surface area contributed by atoms with Crippen molar-refractivity contribution in [2.45, 2.75) is 38.1 Å². The second-order valence-electron chi connectivity index (χ2n) is 6.17. The number of fused-ring (bicyclic) bond motifs is 2. The van der Waals surface area contributed by atoms with Gasteiger partial charge in [0, 0.05) is 22.6 Å². The average Bonchev–Trinajstić information content (AvgIpc) is 3.03. The Morgan fingerprint density at radius 3 is 2.76 bits per heavy atom. The Hall–Kier alpha value is -0.510. The average molecular weight is 343 g/mol. The summed E-state index contributed by atoms with van der Waals surface area (Å²) in [6, 6.07) is 6.21. The lowest BCUT2D eigenvalue weighted by molar-refractivity contribution is 0.389. The van der Waals surface area contributed by atoms with Gasteiger partial charge in [0.05, 0.1) is 0 Å². The molecule has 3 rings (SSSR count). The van der Waals surface area contributed by atoms with Gasteiger partial charge in [0.2, 0.25) is 0 Å². The van der Waals surface area contributed by atoms with Gasteiger partial charge >= 0.3 is 0 Å². The molecule has 2 aliphatic rings. The van der Waals surface area contributed by atoms with Crippen LogP contribution < -0.4 is 10.6 Å². The second-order valence-corrected chi connectivity index (χ2v) is 7.42.